The molecule has 3 heteroatoms. The summed E-state index contributed by atoms with van der Waals surface area (Å²) in [4.78, 5) is 2.53. The van der Waals surface area contributed by atoms with Crippen LogP contribution < -0.4 is 5.32 Å². The van der Waals surface area contributed by atoms with Crippen molar-refractivity contribution in [2.75, 3.05) is 31.6 Å². The van der Waals surface area contributed by atoms with E-state index in [0.29, 0.717) is 18.0 Å². The first-order chi connectivity index (χ1) is 10.1. The van der Waals surface area contributed by atoms with E-state index in [4.69, 9.17) is 0 Å². The maximum absolute atomic E-state index is 3.71. The van der Waals surface area contributed by atoms with Crippen molar-refractivity contribution in [3.05, 3.63) is 35.4 Å². The molecule has 1 aliphatic heterocycles. The number of benzene rings is 1. The smallest absolute Gasteiger partial charge is 0.0340 e. The Bertz CT molecular complexity index is 416. The summed E-state index contributed by atoms with van der Waals surface area (Å²) in [6, 6.07) is 10.4. The lowest BCUT2D eigenvalue weighted by atomic mass is 9.96. The zero-order chi connectivity index (χ0) is 15.2. The fourth-order valence-corrected chi connectivity index (χ4v) is 4.34. The number of hydrogen-bond acceptors (Lipinski definition) is 3. The van der Waals surface area contributed by atoms with Crippen molar-refractivity contribution in [3.63, 3.8) is 0 Å². The summed E-state index contributed by atoms with van der Waals surface area (Å²) in [7, 11) is 2.27. The van der Waals surface area contributed by atoms with Gasteiger partial charge in [-0.05, 0) is 37.1 Å². The molecule has 2 rings (SSSR count). The molecule has 21 heavy (non-hydrogen) atoms. The van der Waals surface area contributed by atoms with Crippen LogP contribution in [0.15, 0.2) is 24.3 Å². The molecule has 0 spiro atoms. The molecular weight excluding hydrogens is 276 g/mol. The Morgan fingerprint density at radius 3 is 2.57 bits per heavy atom. The molecule has 1 aromatic carbocycles. The average molecular weight is 307 g/mol. The lowest BCUT2D eigenvalue weighted by Crippen LogP contribution is -2.53. The third-order valence-corrected chi connectivity index (χ3v) is 5.52. The summed E-state index contributed by atoms with van der Waals surface area (Å²) in [5.74, 6) is 3.14. The molecule has 1 N–H and O–H groups in total. The first kappa shape index (κ1) is 16.9. The number of hydrogen-bond donors (Lipinski definition) is 1. The van der Waals surface area contributed by atoms with E-state index in [-0.39, 0.29) is 0 Å². The number of nitrogens with zero attached hydrogens (tertiary/aromatic N) is 1. The van der Waals surface area contributed by atoms with Gasteiger partial charge in [0, 0.05) is 30.1 Å². The highest BCUT2D eigenvalue weighted by molar-refractivity contribution is 7.99. The first-order valence-corrected chi connectivity index (χ1v) is 9.37. The second-order valence-corrected chi connectivity index (χ2v) is 7.54. The molecule has 1 heterocycles. The maximum atomic E-state index is 3.71. The summed E-state index contributed by atoms with van der Waals surface area (Å²) >= 11 is 2.10. The lowest BCUT2D eigenvalue weighted by molar-refractivity contribution is 0.215. The van der Waals surface area contributed by atoms with Crippen LogP contribution >= 0.6 is 11.8 Å². The van der Waals surface area contributed by atoms with Crippen LogP contribution in [-0.4, -0.2) is 48.6 Å². The zero-order valence-corrected chi connectivity index (χ0v) is 14.7. The molecule has 0 radical (unpaired) electrons. The minimum atomic E-state index is 0.553. The van der Waals surface area contributed by atoms with Gasteiger partial charge in [-0.3, -0.25) is 0 Å². The second-order valence-electron chi connectivity index (χ2n) is 6.39. The monoisotopic (exact) mass is 306 g/mol. The Morgan fingerprint density at radius 1 is 1.29 bits per heavy atom. The second kappa shape index (κ2) is 8.21. The third-order valence-electron chi connectivity index (χ3n) is 4.48. The minimum Gasteiger partial charge on any atom is -0.312 e. The van der Waals surface area contributed by atoms with E-state index in [9.17, 15) is 0 Å². The fraction of sp³-hybridized carbons (Fsp3) is 0.667. The Hall–Kier alpha value is -0.510. The van der Waals surface area contributed by atoms with Crippen molar-refractivity contribution in [1.29, 1.82) is 0 Å². The van der Waals surface area contributed by atoms with E-state index in [0.717, 1.165) is 13.0 Å². The number of likely N-dealkylation sites (N-methyl/N-ethyl adjacent to an activating group) is 2. The molecule has 118 valence electrons. The summed E-state index contributed by atoms with van der Waals surface area (Å²) in [6.45, 7) is 8.98. The van der Waals surface area contributed by atoms with Crippen LogP contribution in [0, 0.1) is 0 Å². The molecular formula is C18H30N2S. The van der Waals surface area contributed by atoms with Crippen LogP contribution in [0.5, 0.6) is 0 Å². The van der Waals surface area contributed by atoms with E-state index in [1.807, 2.05) is 0 Å². The molecule has 2 nitrogen and oxygen atoms in total. The molecule has 1 fully saturated rings. The van der Waals surface area contributed by atoms with Crippen LogP contribution in [0.25, 0.3) is 0 Å². The molecule has 0 saturated carbocycles. The molecule has 2 unspecified atom stereocenters. The predicted molar refractivity (Wildman–Crippen MR) is 95.4 cm³/mol. The van der Waals surface area contributed by atoms with E-state index in [1.54, 1.807) is 0 Å². The molecule has 0 bridgehead atoms. The van der Waals surface area contributed by atoms with Gasteiger partial charge >= 0.3 is 0 Å². The highest BCUT2D eigenvalue weighted by Crippen LogP contribution is 2.21. The summed E-state index contributed by atoms with van der Waals surface area (Å²) < 4.78 is 0. The van der Waals surface area contributed by atoms with Gasteiger partial charge in [0.15, 0.2) is 0 Å². The van der Waals surface area contributed by atoms with E-state index in [1.165, 1.54) is 29.2 Å². The zero-order valence-electron chi connectivity index (χ0n) is 13.9. The summed E-state index contributed by atoms with van der Waals surface area (Å²) in [6.07, 6.45) is 1.13. The predicted octanol–water partition coefficient (Wildman–Crippen LogP) is 3.38. The Kier molecular flexibility index (Phi) is 6.59. The normalized spacial score (nSPS) is 21.7. The van der Waals surface area contributed by atoms with Gasteiger partial charge in [-0.1, -0.05) is 45.0 Å². The van der Waals surface area contributed by atoms with Gasteiger partial charge in [0.2, 0.25) is 0 Å². The Labute approximate surface area is 134 Å². The molecule has 0 amide bonds. The van der Waals surface area contributed by atoms with Crippen LogP contribution in [-0.2, 0) is 6.42 Å². The van der Waals surface area contributed by atoms with Gasteiger partial charge in [-0.15, -0.1) is 0 Å². The number of rotatable bonds is 6. The van der Waals surface area contributed by atoms with Crippen LogP contribution in [0.2, 0.25) is 0 Å². The van der Waals surface area contributed by atoms with Crippen molar-refractivity contribution in [2.45, 2.75) is 45.2 Å². The van der Waals surface area contributed by atoms with Gasteiger partial charge in [0.1, 0.15) is 0 Å². The average Bonchev–Trinajstić information content (AvgIpc) is 2.48. The van der Waals surface area contributed by atoms with Crippen molar-refractivity contribution in [2.24, 2.45) is 0 Å². The van der Waals surface area contributed by atoms with Crippen molar-refractivity contribution in [3.8, 4) is 0 Å². The van der Waals surface area contributed by atoms with Crippen LogP contribution in [0.3, 0.4) is 0 Å². The SMILES string of the molecule is CCNC(Cc1ccc(C(C)C)cc1)C1CSCCN1C. The molecule has 0 aromatic heterocycles. The summed E-state index contributed by atoms with van der Waals surface area (Å²) in [5.41, 5.74) is 2.89. The summed E-state index contributed by atoms with van der Waals surface area (Å²) in [5, 5.41) is 3.71. The molecule has 1 saturated heterocycles. The quantitative estimate of drug-likeness (QED) is 0.867. The van der Waals surface area contributed by atoms with E-state index >= 15 is 0 Å². The van der Waals surface area contributed by atoms with E-state index in [2.05, 4.69) is 74.1 Å². The lowest BCUT2D eigenvalue weighted by Gasteiger charge is -2.38. The Morgan fingerprint density at radius 2 is 2.00 bits per heavy atom. The van der Waals surface area contributed by atoms with Gasteiger partial charge < -0.3 is 10.2 Å². The Balaban J connectivity index is 2.04. The van der Waals surface area contributed by atoms with Crippen molar-refractivity contribution < 1.29 is 0 Å². The first-order valence-electron chi connectivity index (χ1n) is 8.22. The van der Waals surface area contributed by atoms with Crippen molar-refractivity contribution in [1.82, 2.24) is 10.2 Å². The van der Waals surface area contributed by atoms with Gasteiger partial charge in [-0.2, -0.15) is 11.8 Å². The highest BCUT2D eigenvalue weighted by atomic mass is 32.2. The molecule has 0 aliphatic carbocycles. The van der Waals surface area contributed by atoms with Gasteiger partial charge in [-0.25, -0.2) is 0 Å². The standard InChI is InChI=1S/C18H30N2S/c1-5-19-17(18-13-21-11-10-20(18)4)12-15-6-8-16(9-7-15)14(2)3/h6-9,14,17-19H,5,10-13H2,1-4H3. The van der Waals surface area contributed by atoms with Crippen LogP contribution in [0.4, 0.5) is 0 Å². The van der Waals surface area contributed by atoms with E-state index < -0.39 is 0 Å². The molecule has 1 aliphatic rings. The largest absolute Gasteiger partial charge is 0.312 e. The molecule has 2 atom stereocenters. The van der Waals surface area contributed by atoms with Crippen LogP contribution in [0.1, 0.15) is 37.8 Å². The van der Waals surface area contributed by atoms with Gasteiger partial charge in [0.25, 0.3) is 0 Å². The highest BCUT2D eigenvalue weighted by Gasteiger charge is 2.27. The van der Waals surface area contributed by atoms with Gasteiger partial charge in [0.05, 0.1) is 0 Å². The number of nitrogens with one attached hydrogen (secondary N) is 1. The maximum Gasteiger partial charge on any atom is 0.0340 e. The molecule has 1 aromatic rings. The minimum absolute atomic E-state index is 0.553. The topological polar surface area (TPSA) is 15.3 Å². The number of thioether (sulfide) groups is 1. The van der Waals surface area contributed by atoms with Crippen molar-refractivity contribution >= 4 is 11.8 Å². The fourth-order valence-electron chi connectivity index (χ4n) is 3.03. The third kappa shape index (κ3) is 4.73.